The van der Waals surface area contributed by atoms with Crippen molar-refractivity contribution in [3.05, 3.63) is 71.0 Å². The van der Waals surface area contributed by atoms with Crippen LogP contribution in [0.15, 0.2) is 48.5 Å². The third-order valence-corrected chi connectivity index (χ3v) is 4.34. The monoisotopic (exact) mass is 342 g/mol. The molecule has 3 rings (SSSR count). The summed E-state index contributed by atoms with van der Waals surface area (Å²) in [5.74, 6) is -0.507. The van der Waals surface area contributed by atoms with Crippen molar-refractivity contribution in [1.82, 2.24) is 10.2 Å². The fraction of sp³-hybridized carbons (Fsp3) is 0.350. The number of nitrogens with one attached hydrogen (secondary N) is 1. The van der Waals surface area contributed by atoms with Crippen molar-refractivity contribution in [2.75, 3.05) is 19.7 Å². The van der Waals surface area contributed by atoms with Crippen LogP contribution in [-0.4, -0.2) is 36.6 Å². The molecule has 0 bridgehead atoms. The van der Waals surface area contributed by atoms with Crippen LogP contribution in [0, 0.1) is 5.82 Å². The van der Waals surface area contributed by atoms with Crippen molar-refractivity contribution in [1.29, 1.82) is 0 Å². The largest absolute Gasteiger partial charge is 0.376 e. The Morgan fingerprint density at radius 3 is 2.72 bits per heavy atom. The van der Waals surface area contributed by atoms with E-state index in [-0.39, 0.29) is 24.4 Å². The zero-order valence-corrected chi connectivity index (χ0v) is 14.4. The standard InChI is InChI=1S/C20H23FN2O2/c1-15-13-23(10-11-25-15)14-16-6-8-17(9-7-16)20(24)22-12-18-4-2-3-5-19(18)21/h2-9,15H,10-14H2,1H3,(H,22,24)/t15-/m1/s1. The normalized spacial score (nSPS) is 18.1. The van der Waals surface area contributed by atoms with Gasteiger partial charge < -0.3 is 10.1 Å². The highest BCUT2D eigenvalue weighted by Crippen LogP contribution is 2.12. The third-order valence-electron chi connectivity index (χ3n) is 4.34. The highest BCUT2D eigenvalue weighted by atomic mass is 19.1. The summed E-state index contributed by atoms with van der Waals surface area (Å²) < 4.78 is 19.1. The van der Waals surface area contributed by atoms with Crippen LogP contribution in [0.1, 0.15) is 28.4 Å². The third kappa shape index (κ3) is 4.87. The van der Waals surface area contributed by atoms with Gasteiger partial charge in [0.05, 0.1) is 12.7 Å². The predicted molar refractivity (Wildman–Crippen MR) is 94.7 cm³/mol. The molecule has 0 aliphatic carbocycles. The summed E-state index contributed by atoms with van der Waals surface area (Å²) in [5, 5.41) is 2.76. The number of morpholine rings is 1. The topological polar surface area (TPSA) is 41.6 Å². The average molecular weight is 342 g/mol. The Labute approximate surface area is 147 Å². The first-order valence-corrected chi connectivity index (χ1v) is 8.56. The fourth-order valence-corrected chi connectivity index (χ4v) is 2.97. The molecule has 132 valence electrons. The minimum absolute atomic E-state index is 0.179. The number of benzene rings is 2. The van der Waals surface area contributed by atoms with Gasteiger partial charge in [-0.25, -0.2) is 4.39 Å². The zero-order chi connectivity index (χ0) is 17.6. The highest BCUT2D eigenvalue weighted by molar-refractivity contribution is 5.94. The van der Waals surface area contributed by atoms with Crippen LogP contribution in [0.3, 0.4) is 0 Å². The Balaban J connectivity index is 1.54. The molecular formula is C20H23FN2O2. The number of carbonyl (C=O) groups is 1. The second kappa shape index (κ2) is 8.23. The SMILES string of the molecule is C[C@@H]1CN(Cc2ccc(C(=O)NCc3ccccc3F)cc2)CCO1. The molecule has 1 fully saturated rings. The summed E-state index contributed by atoms with van der Waals surface area (Å²) in [6.07, 6.45) is 0.261. The van der Waals surface area contributed by atoms with E-state index < -0.39 is 0 Å². The molecule has 2 aromatic carbocycles. The zero-order valence-electron chi connectivity index (χ0n) is 14.4. The van der Waals surface area contributed by atoms with Crippen molar-refractivity contribution in [2.45, 2.75) is 26.1 Å². The number of carbonyl (C=O) groups excluding carboxylic acids is 1. The highest BCUT2D eigenvalue weighted by Gasteiger charge is 2.16. The van der Waals surface area contributed by atoms with Gasteiger partial charge in [0.25, 0.3) is 5.91 Å². The second-order valence-corrected chi connectivity index (χ2v) is 6.39. The Kier molecular flexibility index (Phi) is 5.79. The molecule has 0 aromatic heterocycles. The van der Waals surface area contributed by atoms with E-state index in [9.17, 15) is 9.18 Å². The lowest BCUT2D eigenvalue weighted by molar-refractivity contribution is -0.0212. The summed E-state index contributed by atoms with van der Waals surface area (Å²) >= 11 is 0. The molecule has 1 aliphatic heterocycles. The van der Waals surface area contributed by atoms with Crippen LogP contribution in [0.25, 0.3) is 0 Å². The molecule has 0 unspecified atom stereocenters. The van der Waals surface area contributed by atoms with Gasteiger partial charge in [-0.05, 0) is 30.7 Å². The minimum Gasteiger partial charge on any atom is -0.376 e. The summed E-state index contributed by atoms with van der Waals surface area (Å²) in [7, 11) is 0. The van der Waals surface area contributed by atoms with Crippen molar-refractivity contribution in [3.63, 3.8) is 0 Å². The molecule has 1 saturated heterocycles. The molecular weight excluding hydrogens is 319 g/mol. The summed E-state index contributed by atoms with van der Waals surface area (Å²) in [6, 6.07) is 14.0. The van der Waals surface area contributed by atoms with Crippen molar-refractivity contribution >= 4 is 5.91 Å². The van der Waals surface area contributed by atoms with E-state index in [4.69, 9.17) is 4.74 Å². The van der Waals surface area contributed by atoms with Crippen LogP contribution >= 0.6 is 0 Å². The Morgan fingerprint density at radius 2 is 2.00 bits per heavy atom. The minimum atomic E-state index is -0.308. The smallest absolute Gasteiger partial charge is 0.251 e. The molecule has 1 aliphatic rings. The van der Waals surface area contributed by atoms with Crippen LogP contribution in [0.5, 0.6) is 0 Å². The van der Waals surface area contributed by atoms with Gasteiger partial charge in [-0.1, -0.05) is 30.3 Å². The van der Waals surface area contributed by atoms with Gasteiger partial charge in [-0.2, -0.15) is 0 Å². The van der Waals surface area contributed by atoms with Crippen molar-refractivity contribution in [3.8, 4) is 0 Å². The first-order valence-electron chi connectivity index (χ1n) is 8.56. The van der Waals surface area contributed by atoms with E-state index in [2.05, 4.69) is 17.1 Å². The van der Waals surface area contributed by atoms with E-state index in [1.165, 1.54) is 11.6 Å². The van der Waals surface area contributed by atoms with E-state index >= 15 is 0 Å². The van der Waals surface area contributed by atoms with Gasteiger partial charge >= 0.3 is 0 Å². The Bertz CT molecular complexity index is 718. The molecule has 5 heteroatoms. The number of amides is 1. The fourth-order valence-electron chi connectivity index (χ4n) is 2.97. The van der Waals surface area contributed by atoms with Gasteiger partial charge in [0.1, 0.15) is 5.82 Å². The quantitative estimate of drug-likeness (QED) is 0.908. The number of ether oxygens (including phenoxy) is 1. The Hall–Kier alpha value is -2.24. The molecule has 4 nitrogen and oxygen atoms in total. The summed E-state index contributed by atoms with van der Waals surface area (Å²) in [6.45, 7) is 5.72. The molecule has 0 spiro atoms. The molecule has 2 aromatic rings. The molecule has 0 radical (unpaired) electrons. The predicted octanol–water partition coefficient (Wildman–Crippen LogP) is 2.98. The number of hydrogen-bond acceptors (Lipinski definition) is 3. The molecule has 1 heterocycles. The van der Waals surface area contributed by atoms with Gasteiger partial charge in [-0.15, -0.1) is 0 Å². The molecule has 1 amide bonds. The number of hydrogen-bond donors (Lipinski definition) is 1. The Morgan fingerprint density at radius 1 is 1.24 bits per heavy atom. The van der Waals surface area contributed by atoms with Crippen LogP contribution in [0.4, 0.5) is 4.39 Å². The maximum absolute atomic E-state index is 13.6. The van der Waals surface area contributed by atoms with Gasteiger partial charge in [0.2, 0.25) is 0 Å². The molecule has 25 heavy (non-hydrogen) atoms. The maximum atomic E-state index is 13.6. The average Bonchev–Trinajstić information content (AvgIpc) is 2.61. The summed E-state index contributed by atoms with van der Waals surface area (Å²) in [5.41, 5.74) is 2.23. The lowest BCUT2D eigenvalue weighted by Crippen LogP contribution is -2.40. The lowest BCUT2D eigenvalue weighted by atomic mass is 10.1. The van der Waals surface area contributed by atoms with E-state index in [0.29, 0.717) is 11.1 Å². The molecule has 0 saturated carbocycles. The van der Waals surface area contributed by atoms with Crippen LogP contribution < -0.4 is 5.32 Å². The lowest BCUT2D eigenvalue weighted by Gasteiger charge is -2.31. The van der Waals surface area contributed by atoms with E-state index in [1.807, 2.05) is 24.3 Å². The number of rotatable bonds is 5. The van der Waals surface area contributed by atoms with E-state index in [0.717, 1.165) is 26.2 Å². The van der Waals surface area contributed by atoms with Gasteiger partial charge in [0.15, 0.2) is 0 Å². The molecule has 1 N–H and O–H groups in total. The van der Waals surface area contributed by atoms with Crippen LogP contribution in [0.2, 0.25) is 0 Å². The van der Waals surface area contributed by atoms with Gasteiger partial charge in [-0.3, -0.25) is 9.69 Å². The molecule has 1 atom stereocenters. The van der Waals surface area contributed by atoms with Crippen molar-refractivity contribution in [2.24, 2.45) is 0 Å². The second-order valence-electron chi connectivity index (χ2n) is 6.39. The first-order chi connectivity index (χ1) is 12.1. The maximum Gasteiger partial charge on any atom is 0.251 e. The number of nitrogens with zero attached hydrogens (tertiary/aromatic N) is 1. The number of halogens is 1. The summed E-state index contributed by atoms with van der Waals surface area (Å²) in [4.78, 5) is 14.6. The van der Waals surface area contributed by atoms with Gasteiger partial charge in [0, 0.05) is 37.3 Å². The van der Waals surface area contributed by atoms with Crippen molar-refractivity contribution < 1.29 is 13.9 Å². The van der Waals surface area contributed by atoms with Crippen LogP contribution in [-0.2, 0) is 17.8 Å². The first kappa shape index (κ1) is 17.6. The van der Waals surface area contributed by atoms with E-state index in [1.54, 1.807) is 18.2 Å².